The fourth-order valence-electron chi connectivity index (χ4n) is 2.96. The average Bonchev–Trinajstić information content (AvgIpc) is 3.35. The Morgan fingerprint density at radius 1 is 1.29 bits per heavy atom. The first-order chi connectivity index (χ1) is 11.7. The number of nitrogens with zero attached hydrogens (tertiary/aromatic N) is 4. The van der Waals surface area contributed by atoms with Gasteiger partial charge in [-0.3, -0.25) is 4.79 Å². The van der Waals surface area contributed by atoms with Crippen LogP contribution in [-0.2, 0) is 0 Å². The maximum atomic E-state index is 12.9. The van der Waals surface area contributed by atoms with Gasteiger partial charge in [-0.2, -0.15) is 4.98 Å². The van der Waals surface area contributed by atoms with E-state index in [0.717, 1.165) is 24.1 Å². The predicted octanol–water partition coefficient (Wildman–Crippen LogP) is 3.48. The Morgan fingerprint density at radius 2 is 2.12 bits per heavy atom. The highest BCUT2D eigenvalue weighted by Gasteiger charge is 2.34. The molecular weight excluding hydrogens is 324 g/mol. The standard InChI is InChI=1S/C17H16N4O2S/c1-11-18-15(20-23-11)14-8-5-9-21(14)17(22)16-19-13(10-24-16)12-6-3-2-4-7-12/h2-4,6-7,10,14H,5,8-9H2,1H3. The van der Waals surface area contributed by atoms with Crippen molar-refractivity contribution in [3.8, 4) is 11.3 Å². The predicted molar refractivity (Wildman–Crippen MR) is 89.6 cm³/mol. The first-order valence-corrected chi connectivity index (χ1v) is 8.72. The first-order valence-electron chi connectivity index (χ1n) is 7.84. The molecule has 1 amide bonds. The Labute approximate surface area is 143 Å². The Morgan fingerprint density at radius 3 is 2.88 bits per heavy atom. The summed E-state index contributed by atoms with van der Waals surface area (Å²) in [5.74, 6) is 1.04. The van der Waals surface area contributed by atoms with Gasteiger partial charge < -0.3 is 9.42 Å². The lowest BCUT2D eigenvalue weighted by Gasteiger charge is -2.20. The summed E-state index contributed by atoms with van der Waals surface area (Å²) in [6.07, 6.45) is 1.78. The van der Waals surface area contributed by atoms with Gasteiger partial charge in [-0.15, -0.1) is 11.3 Å². The smallest absolute Gasteiger partial charge is 0.283 e. The Kier molecular flexibility index (Phi) is 3.86. The highest BCUT2D eigenvalue weighted by molar-refractivity contribution is 7.12. The molecule has 0 saturated carbocycles. The third-order valence-electron chi connectivity index (χ3n) is 4.11. The molecule has 2 aromatic heterocycles. The van der Waals surface area contributed by atoms with Gasteiger partial charge in [0.05, 0.1) is 11.7 Å². The molecule has 1 aliphatic rings. The van der Waals surface area contributed by atoms with Crippen LogP contribution in [0.5, 0.6) is 0 Å². The molecule has 1 fully saturated rings. The summed E-state index contributed by atoms with van der Waals surface area (Å²) >= 11 is 1.38. The van der Waals surface area contributed by atoms with Gasteiger partial charge in [-0.25, -0.2) is 4.98 Å². The van der Waals surface area contributed by atoms with Crippen molar-refractivity contribution in [2.45, 2.75) is 25.8 Å². The highest BCUT2D eigenvalue weighted by Crippen LogP contribution is 2.32. The molecular formula is C17H16N4O2S. The molecule has 0 N–H and O–H groups in total. The van der Waals surface area contributed by atoms with Crippen LogP contribution in [0, 0.1) is 6.92 Å². The van der Waals surface area contributed by atoms with E-state index in [1.807, 2.05) is 35.7 Å². The molecule has 4 rings (SSSR count). The number of hydrogen-bond donors (Lipinski definition) is 0. The number of carbonyl (C=O) groups is 1. The van der Waals surface area contributed by atoms with E-state index in [1.54, 1.807) is 11.8 Å². The van der Waals surface area contributed by atoms with Crippen LogP contribution in [0.25, 0.3) is 11.3 Å². The number of aryl methyl sites for hydroxylation is 1. The summed E-state index contributed by atoms with van der Waals surface area (Å²) in [6, 6.07) is 9.74. The SMILES string of the molecule is Cc1nc(C2CCCN2C(=O)c2nc(-c3ccccc3)cs2)no1. The lowest BCUT2D eigenvalue weighted by Crippen LogP contribution is -2.31. The van der Waals surface area contributed by atoms with E-state index >= 15 is 0 Å². The van der Waals surface area contributed by atoms with Gasteiger partial charge in [-0.1, -0.05) is 35.5 Å². The molecule has 24 heavy (non-hydrogen) atoms. The van der Waals surface area contributed by atoms with E-state index in [2.05, 4.69) is 15.1 Å². The molecule has 3 aromatic rings. The highest BCUT2D eigenvalue weighted by atomic mass is 32.1. The van der Waals surface area contributed by atoms with Crippen LogP contribution in [0.1, 0.15) is 40.4 Å². The molecule has 0 spiro atoms. The number of carbonyl (C=O) groups excluding carboxylic acids is 1. The summed E-state index contributed by atoms with van der Waals surface area (Å²) in [6.45, 7) is 2.45. The van der Waals surface area contributed by atoms with Gasteiger partial charge >= 0.3 is 0 Å². The molecule has 0 bridgehead atoms. The number of likely N-dealkylation sites (tertiary alicyclic amines) is 1. The summed E-state index contributed by atoms with van der Waals surface area (Å²) in [7, 11) is 0. The van der Waals surface area contributed by atoms with E-state index in [1.165, 1.54) is 11.3 Å². The number of amides is 1. The van der Waals surface area contributed by atoms with Crippen LogP contribution in [0.15, 0.2) is 40.2 Å². The van der Waals surface area contributed by atoms with E-state index < -0.39 is 0 Å². The van der Waals surface area contributed by atoms with Crippen molar-refractivity contribution in [1.82, 2.24) is 20.0 Å². The minimum atomic E-state index is -0.126. The van der Waals surface area contributed by atoms with Gasteiger partial charge in [0.2, 0.25) is 5.89 Å². The van der Waals surface area contributed by atoms with Crippen LogP contribution in [0.4, 0.5) is 0 Å². The van der Waals surface area contributed by atoms with Crippen molar-refractivity contribution in [3.63, 3.8) is 0 Å². The zero-order valence-electron chi connectivity index (χ0n) is 13.2. The normalized spacial score (nSPS) is 17.4. The number of aromatic nitrogens is 3. The molecule has 1 atom stereocenters. The molecule has 7 heteroatoms. The van der Waals surface area contributed by atoms with Crippen molar-refractivity contribution >= 4 is 17.2 Å². The average molecular weight is 340 g/mol. The lowest BCUT2D eigenvalue weighted by atomic mass is 10.2. The minimum Gasteiger partial charge on any atom is -0.340 e. The van der Waals surface area contributed by atoms with Crippen molar-refractivity contribution in [2.24, 2.45) is 0 Å². The fourth-order valence-corrected chi connectivity index (χ4v) is 3.75. The van der Waals surface area contributed by atoms with Crippen molar-refractivity contribution < 1.29 is 9.32 Å². The zero-order valence-corrected chi connectivity index (χ0v) is 14.0. The van der Waals surface area contributed by atoms with Crippen molar-refractivity contribution in [3.05, 3.63) is 52.4 Å². The fraction of sp³-hybridized carbons (Fsp3) is 0.294. The molecule has 1 aliphatic heterocycles. The van der Waals surface area contributed by atoms with Crippen molar-refractivity contribution in [2.75, 3.05) is 6.54 Å². The number of rotatable bonds is 3. The second kappa shape index (κ2) is 6.16. The Balaban J connectivity index is 1.58. The molecule has 0 aliphatic carbocycles. The summed E-state index contributed by atoms with van der Waals surface area (Å²) in [5.41, 5.74) is 1.84. The number of hydrogen-bond acceptors (Lipinski definition) is 6. The third-order valence-corrected chi connectivity index (χ3v) is 4.94. The van der Waals surface area contributed by atoms with Gasteiger partial charge in [0.15, 0.2) is 10.8 Å². The molecule has 1 unspecified atom stereocenters. The van der Waals surface area contributed by atoms with Crippen LogP contribution >= 0.6 is 11.3 Å². The van der Waals surface area contributed by atoms with Gasteiger partial charge in [0.25, 0.3) is 5.91 Å². The molecule has 3 heterocycles. The Hall–Kier alpha value is -2.54. The Bertz CT molecular complexity index is 858. The van der Waals surface area contributed by atoms with Gasteiger partial charge in [-0.05, 0) is 12.8 Å². The van der Waals surface area contributed by atoms with E-state index in [9.17, 15) is 4.79 Å². The van der Waals surface area contributed by atoms with Crippen LogP contribution in [0.2, 0.25) is 0 Å². The summed E-state index contributed by atoms with van der Waals surface area (Å²) in [4.78, 5) is 23.5. The summed E-state index contributed by atoms with van der Waals surface area (Å²) < 4.78 is 5.06. The molecule has 0 radical (unpaired) electrons. The molecule has 1 saturated heterocycles. The second-order valence-electron chi connectivity index (χ2n) is 5.73. The van der Waals surface area contributed by atoms with Gasteiger partial charge in [0.1, 0.15) is 0 Å². The van der Waals surface area contributed by atoms with E-state index in [4.69, 9.17) is 4.52 Å². The summed E-state index contributed by atoms with van der Waals surface area (Å²) in [5, 5.41) is 6.40. The van der Waals surface area contributed by atoms with E-state index in [0.29, 0.717) is 23.3 Å². The largest absolute Gasteiger partial charge is 0.340 e. The second-order valence-corrected chi connectivity index (χ2v) is 6.59. The van der Waals surface area contributed by atoms with Crippen LogP contribution in [0.3, 0.4) is 0 Å². The number of benzene rings is 1. The number of thiazole rings is 1. The third kappa shape index (κ3) is 2.71. The zero-order chi connectivity index (χ0) is 16.5. The monoisotopic (exact) mass is 340 g/mol. The quantitative estimate of drug-likeness (QED) is 0.730. The lowest BCUT2D eigenvalue weighted by molar-refractivity contribution is 0.0728. The topological polar surface area (TPSA) is 72.1 Å². The van der Waals surface area contributed by atoms with Gasteiger partial charge in [0, 0.05) is 24.4 Å². The van der Waals surface area contributed by atoms with Crippen LogP contribution in [-0.4, -0.2) is 32.5 Å². The van der Waals surface area contributed by atoms with E-state index in [-0.39, 0.29) is 11.9 Å². The minimum absolute atomic E-state index is 0.0628. The first kappa shape index (κ1) is 15.0. The van der Waals surface area contributed by atoms with Crippen molar-refractivity contribution in [1.29, 1.82) is 0 Å². The maximum absolute atomic E-state index is 12.9. The van der Waals surface area contributed by atoms with Crippen LogP contribution < -0.4 is 0 Å². The molecule has 6 nitrogen and oxygen atoms in total. The molecule has 122 valence electrons. The molecule has 1 aromatic carbocycles. The maximum Gasteiger partial charge on any atom is 0.283 e.